The summed E-state index contributed by atoms with van der Waals surface area (Å²) >= 11 is 3.47. The molecule has 1 aromatic heterocycles. The molecule has 3 aromatic rings. The van der Waals surface area contributed by atoms with Crippen LogP contribution in [0.3, 0.4) is 0 Å². The number of ether oxygens (including phenoxy) is 1. The molecule has 0 radical (unpaired) electrons. The van der Waals surface area contributed by atoms with E-state index in [9.17, 15) is 4.79 Å². The third-order valence-corrected chi connectivity index (χ3v) is 4.53. The van der Waals surface area contributed by atoms with Gasteiger partial charge in [0.2, 0.25) is 0 Å². The minimum absolute atomic E-state index is 0.0916. The van der Waals surface area contributed by atoms with Crippen molar-refractivity contribution in [1.29, 1.82) is 0 Å². The fourth-order valence-corrected chi connectivity index (χ4v) is 2.98. The van der Waals surface area contributed by atoms with Crippen molar-refractivity contribution >= 4 is 21.8 Å². The van der Waals surface area contributed by atoms with E-state index in [0.717, 1.165) is 15.8 Å². The molecule has 1 heterocycles. The lowest BCUT2D eigenvalue weighted by atomic mass is 10.1. The lowest BCUT2D eigenvalue weighted by molar-refractivity contribution is 0.0716. The molecule has 0 saturated carbocycles. The van der Waals surface area contributed by atoms with Crippen molar-refractivity contribution in [1.82, 2.24) is 4.90 Å². The third-order valence-electron chi connectivity index (χ3n) is 3.83. The maximum Gasteiger partial charge on any atom is 0.255 e. The number of hydrogen-bond acceptors (Lipinski definition) is 3. The van der Waals surface area contributed by atoms with Gasteiger partial charge in [-0.1, -0.05) is 30.3 Å². The van der Waals surface area contributed by atoms with E-state index in [2.05, 4.69) is 15.9 Å². The smallest absolute Gasteiger partial charge is 0.255 e. The van der Waals surface area contributed by atoms with Crippen LogP contribution in [0.4, 0.5) is 0 Å². The summed E-state index contributed by atoms with van der Waals surface area (Å²) in [5, 5.41) is 0. The van der Waals surface area contributed by atoms with E-state index >= 15 is 0 Å². The van der Waals surface area contributed by atoms with Gasteiger partial charge in [-0.3, -0.25) is 4.79 Å². The molecule has 0 atom stereocenters. The Labute approximate surface area is 155 Å². The van der Waals surface area contributed by atoms with Crippen molar-refractivity contribution in [3.05, 3.63) is 88.3 Å². The largest absolute Gasteiger partial charge is 0.497 e. The second-order valence-corrected chi connectivity index (χ2v) is 6.43. The van der Waals surface area contributed by atoms with Crippen molar-refractivity contribution < 1.29 is 13.9 Å². The SMILES string of the molecule is COc1ccc(Br)c(C(=O)N(Cc2ccccc2)Cc2ccco2)c1. The van der Waals surface area contributed by atoms with Crippen LogP contribution < -0.4 is 4.74 Å². The number of carbonyl (C=O) groups is 1. The summed E-state index contributed by atoms with van der Waals surface area (Å²) in [5.74, 6) is 1.29. The Hall–Kier alpha value is -2.53. The normalized spacial score (nSPS) is 10.5. The zero-order valence-electron chi connectivity index (χ0n) is 13.8. The van der Waals surface area contributed by atoms with E-state index in [0.29, 0.717) is 24.4 Å². The summed E-state index contributed by atoms with van der Waals surface area (Å²) in [5.41, 5.74) is 1.61. The van der Waals surface area contributed by atoms with Gasteiger partial charge in [-0.15, -0.1) is 0 Å². The van der Waals surface area contributed by atoms with Gasteiger partial charge in [0.05, 0.1) is 25.5 Å². The van der Waals surface area contributed by atoms with Gasteiger partial charge in [-0.25, -0.2) is 0 Å². The average Bonchev–Trinajstić information content (AvgIpc) is 3.15. The number of hydrogen-bond donors (Lipinski definition) is 0. The van der Waals surface area contributed by atoms with Gasteiger partial charge in [0.25, 0.3) is 5.91 Å². The van der Waals surface area contributed by atoms with Crippen LogP contribution in [0.2, 0.25) is 0 Å². The summed E-state index contributed by atoms with van der Waals surface area (Å²) in [6.45, 7) is 0.883. The van der Waals surface area contributed by atoms with Gasteiger partial charge in [0, 0.05) is 11.0 Å². The molecule has 2 aromatic carbocycles. The number of halogens is 1. The van der Waals surface area contributed by atoms with Crippen LogP contribution >= 0.6 is 15.9 Å². The number of carbonyl (C=O) groups excluding carboxylic acids is 1. The first-order valence-corrected chi connectivity index (χ1v) is 8.66. The van der Waals surface area contributed by atoms with Crippen LogP contribution in [0.15, 0.2) is 75.8 Å². The summed E-state index contributed by atoms with van der Waals surface area (Å²) in [6, 6.07) is 19.0. The molecule has 0 unspecified atom stereocenters. The first kappa shape index (κ1) is 17.3. The molecule has 0 fully saturated rings. The van der Waals surface area contributed by atoms with Gasteiger partial charge in [-0.05, 0) is 51.8 Å². The maximum atomic E-state index is 13.2. The molecule has 0 aliphatic rings. The summed E-state index contributed by atoms with van der Waals surface area (Å²) in [6.07, 6.45) is 1.61. The highest BCUT2D eigenvalue weighted by molar-refractivity contribution is 9.10. The predicted octanol–water partition coefficient (Wildman–Crippen LogP) is 4.89. The number of rotatable bonds is 6. The third kappa shape index (κ3) is 4.31. The Morgan fingerprint density at radius 3 is 2.56 bits per heavy atom. The van der Waals surface area contributed by atoms with Crippen molar-refractivity contribution in [2.75, 3.05) is 7.11 Å². The molecule has 128 valence electrons. The summed E-state index contributed by atoms with van der Waals surface area (Å²) in [7, 11) is 1.59. The average molecular weight is 400 g/mol. The van der Waals surface area contributed by atoms with Crippen LogP contribution in [0.25, 0.3) is 0 Å². The van der Waals surface area contributed by atoms with Gasteiger partial charge in [0.15, 0.2) is 0 Å². The molecule has 0 N–H and O–H groups in total. The second kappa shape index (κ2) is 8.03. The maximum absolute atomic E-state index is 13.2. The molecule has 0 spiro atoms. The molecular formula is C20H18BrNO3. The molecule has 3 rings (SSSR count). The molecule has 0 bridgehead atoms. The van der Waals surface area contributed by atoms with E-state index in [1.54, 1.807) is 24.3 Å². The van der Waals surface area contributed by atoms with Crippen LogP contribution in [0, 0.1) is 0 Å². The Balaban J connectivity index is 1.91. The lowest BCUT2D eigenvalue weighted by Crippen LogP contribution is -2.30. The summed E-state index contributed by atoms with van der Waals surface area (Å²) in [4.78, 5) is 14.9. The minimum Gasteiger partial charge on any atom is -0.497 e. The van der Waals surface area contributed by atoms with E-state index in [1.807, 2.05) is 54.6 Å². The molecule has 1 amide bonds. The fourth-order valence-electron chi connectivity index (χ4n) is 2.56. The topological polar surface area (TPSA) is 42.7 Å². The zero-order valence-corrected chi connectivity index (χ0v) is 15.4. The second-order valence-electron chi connectivity index (χ2n) is 5.57. The van der Waals surface area contributed by atoms with Gasteiger partial charge < -0.3 is 14.1 Å². The van der Waals surface area contributed by atoms with Crippen LogP contribution in [0.5, 0.6) is 5.75 Å². The quantitative estimate of drug-likeness (QED) is 0.592. The molecule has 0 aliphatic carbocycles. The van der Waals surface area contributed by atoms with Crippen molar-refractivity contribution in [2.24, 2.45) is 0 Å². The first-order chi connectivity index (χ1) is 12.2. The van der Waals surface area contributed by atoms with Crippen LogP contribution in [0.1, 0.15) is 21.7 Å². The van der Waals surface area contributed by atoms with Gasteiger partial charge in [-0.2, -0.15) is 0 Å². The lowest BCUT2D eigenvalue weighted by Gasteiger charge is -2.23. The van der Waals surface area contributed by atoms with Crippen LogP contribution in [-0.4, -0.2) is 17.9 Å². The molecule has 25 heavy (non-hydrogen) atoms. The van der Waals surface area contributed by atoms with Crippen molar-refractivity contribution in [2.45, 2.75) is 13.1 Å². The molecule has 5 heteroatoms. The van der Waals surface area contributed by atoms with E-state index in [-0.39, 0.29) is 5.91 Å². The van der Waals surface area contributed by atoms with E-state index < -0.39 is 0 Å². The van der Waals surface area contributed by atoms with Crippen molar-refractivity contribution in [3.63, 3.8) is 0 Å². The number of nitrogens with zero attached hydrogens (tertiary/aromatic N) is 1. The van der Waals surface area contributed by atoms with E-state index in [4.69, 9.17) is 9.15 Å². The highest BCUT2D eigenvalue weighted by Crippen LogP contribution is 2.25. The Kier molecular flexibility index (Phi) is 5.56. The first-order valence-electron chi connectivity index (χ1n) is 7.86. The Bertz CT molecular complexity index is 831. The van der Waals surface area contributed by atoms with Gasteiger partial charge in [0.1, 0.15) is 11.5 Å². The Morgan fingerprint density at radius 2 is 1.88 bits per heavy atom. The van der Waals surface area contributed by atoms with Crippen LogP contribution in [-0.2, 0) is 13.1 Å². The predicted molar refractivity (Wildman–Crippen MR) is 99.4 cm³/mol. The minimum atomic E-state index is -0.0916. The van der Waals surface area contributed by atoms with Gasteiger partial charge >= 0.3 is 0 Å². The molecule has 4 nitrogen and oxygen atoms in total. The monoisotopic (exact) mass is 399 g/mol. The van der Waals surface area contributed by atoms with Crippen molar-refractivity contribution in [3.8, 4) is 5.75 Å². The molecular weight excluding hydrogens is 382 g/mol. The number of benzene rings is 2. The highest BCUT2D eigenvalue weighted by Gasteiger charge is 2.20. The summed E-state index contributed by atoms with van der Waals surface area (Å²) < 4.78 is 11.4. The Morgan fingerprint density at radius 1 is 1.08 bits per heavy atom. The molecule has 0 aliphatic heterocycles. The fraction of sp³-hybridized carbons (Fsp3) is 0.150. The highest BCUT2D eigenvalue weighted by atomic mass is 79.9. The number of furan rings is 1. The molecule has 0 saturated heterocycles. The number of amides is 1. The van der Waals surface area contributed by atoms with E-state index in [1.165, 1.54) is 0 Å². The number of methoxy groups -OCH3 is 1. The standard InChI is InChI=1S/C20H18BrNO3/c1-24-16-9-10-19(21)18(12-16)20(23)22(14-17-8-5-11-25-17)13-15-6-3-2-4-7-15/h2-12H,13-14H2,1H3. The zero-order chi connectivity index (χ0) is 17.6.